The average Bonchev–Trinajstić information content (AvgIpc) is 2.88. The fourth-order valence-corrected chi connectivity index (χ4v) is 2.28. The number of rotatable bonds is 3. The number of nitrogens with one attached hydrogen (secondary N) is 2. The number of carbonyl (C=O) groups is 2. The molecule has 24 heavy (non-hydrogen) atoms. The third-order valence-corrected chi connectivity index (χ3v) is 3.29. The summed E-state index contributed by atoms with van der Waals surface area (Å²) in [5.41, 5.74) is 1.96. The Bertz CT molecular complexity index is 949. The van der Waals surface area contributed by atoms with E-state index in [0.717, 1.165) is 6.07 Å². The lowest BCUT2D eigenvalue weighted by atomic mass is 10.1. The zero-order valence-electron chi connectivity index (χ0n) is 13.0. The largest absolute Gasteiger partial charge is 0.441 e. The summed E-state index contributed by atoms with van der Waals surface area (Å²) < 4.78 is 19.0. The maximum atomic E-state index is 13.6. The molecule has 6 nitrogen and oxygen atoms in total. The molecular weight excluding hydrogens is 313 g/mol. The Morgan fingerprint density at radius 1 is 1.12 bits per heavy atom. The van der Waals surface area contributed by atoms with E-state index >= 15 is 0 Å². The van der Waals surface area contributed by atoms with Crippen LogP contribution < -0.4 is 10.6 Å². The second-order valence-corrected chi connectivity index (χ2v) is 5.25. The van der Waals surface area contributed by atoms with Crippen molar-refractivity contribution in [1.82, 2.24) is 4.98 Å². The van der Waals surface area contributed by atoms with Crippen LogP contribution >= 0.6 is 0 Å². The van der Waals surface area contributed by atoms with E-state index in [1.165, 1.54) is 19.1 Å². The first-order valence-corrected chi connectivity index (χ1v) is 7.18. The Kier molecular flexibility index (Phi) is 3.99. The van der Waals surface area contributed by atoms with Gasteiger partial charge in [-0.1, -0.05) is 0 Å². The first-order valence-electron chi connectivity index (χ1n) is 7.18. The predicted octanol–water partition coefficient (Wildman–Crippen LogP) is 3.49. The molecule has 0 unspecified atom stereocenters. The molecule has 0 saturated carbocycles. The number of benzene rings is 2. The summed E-state index contributed by atoms with van der Waals surface area (Å²) in [7, 11) is 0. The molecule has 2 N–H and O–H groups in total. The molecule has 0 radical (unpaired) electrons. The summed E-state index contributed by atoms with van der Waals surface area (Å²) >= 11 is 0. The van der Waals surface area contributed by atoms with Gasteiger partial charge in [0.1, 0.15) is 11.3 Å². The van der Waals surface area contributed by atoms with Crippen LogP contribution in [0.15, 0.2) is 40.8 Å². The lowest BCUT2D eigenvalue weighted by Gasteiger charge is -2.08. The third-order valence-electron chi connectivity index (χ3n) is 3.29. The van der Waals surface area contributed by atoms with Gasteiger partial charge in [-0.25, -0.2) is 9.37 Å². The van der Waals surface area contributed by atoms with Crippen LogP contribution in [0.3, 0.4) is 0 Å². The van der Waals surface area contributed by atoms with Gasteiger partial charge in [-0.15, -0.1) is 0 Å². The summed E-state index contributed by atoms with van der Waals surface area (Å²) in [6, 6.07) is 8.83. The molecule has 0 aliphatic heterocycles. The molecule has 1 heterocycles. The van der Waals surface area contributed by atoms with Gasteiger partial charge in [-0.2, -0.15) is 0 Å². The Hall–Kier alpha value is -3.22. The quantitative estimate of drug-likeness (QED) is 0.771. The number of amides is 2. The molecule has 0 spiro atoms. The molecule has 0 fully saturated rings. The van der Waals surface area contributed by atoms with Crippen LogP contribution in [0.4, 0.5) is 15.8 Å². The van der Waals surface area contributed by atoms with Crippen LogP contribution in [-0.2, 0) is 4.79 Å². The van der Waals surface area contributed by atoms with E-state index in [1.54, 1.807) is 25.1 Å². The van der Waals surface area contributed by atoms with Gasteiger partial charge < -0.3 is 15.1 Å². The fraction of sp³-hybridized carbons (Fsp3) is 0.118. The smallest absolute Gasteiger partial charge is 0.255 e. The highest BCUT2D eigenvalue weighted by Crippen LogP contribution is 2.21. The number of anilines is 2. The first-order chi connectivity index (χ1) is 11.4. The standard InChI is InChI=1S/C17H14FN3O3/c1-9(22)19-14-7-11(3-5-13(14)18)17(23)21-12-4-6-16-15(8-12)20-10(2)24-16/h3-8H,1-2H3,(H,19,22)(H,21,23). The number of aromatic nitrogens is 1. The number of nitrogens with zero attached hydrogens (tertiary/aromatic N) is 1. The van der Waals surface area contributed by atoms with E-state index in [2.05, 4.69) is 15.6 Å². The number of fused-ring (bicyclic) bond motifs is 1. The highest BCUT2D eigenvalue weighted by Gasteiger charge is 2.12. The lowest BCUT2D eigenvalue weighted by molar-refractivity contribution is -0.114. The average molecular weight is 327 g/mol. The summed E-state index contributed by atoms with van der Waals surface area (Å²) in [5, 5.41) is 5.05. The van der Waals surface area contributed by atoms with E-state index in [4.69, 9.17) is 4.42 Å². The zero-order chi connectivity index (χ0) is 17.3. The summed E-state index contributed by atoms with van der Waals surface area (Å²) in [5.74, 6) is -0.923. The Balaban J connectivity index is 1.84. The molecule has 1 aromatic heterocycles. The Morgan fingerprint density at radius 3 is 2.67 bits per heavy atom. The van der Waals surface area contributed by atoms with Crippen LogP contribution in [-0.4, -0.2) is 16.8 Å². The zero-order valence-corrected chi connectivity index (χ0v) is 13.0. The van der Waals surface area contributed by atoms with Crippen molar-refractivity contribution in [3.63, 3.8) is 0 Å². The highest BCUT2D eigenvalue weighted by molar-refractivity contribution is 6.05. The summed E-state index contributed by atoms with van der Waals surface area (Å²) in [6.45, 7) is 3.00. The normalized spacial score (nSPS) is 10.6. The molecule has 0 aliphatic carbocycles. The van der Waals surface area contributed by atoms with Crippen molar-refractivity contribution in [3.8, 4) is 0 Å². The SMILES string of the molecule is CC(=O)Nc1cc(C(=O)Nc2ccc3oc(C)nc3c2)ccc1F. The highest BCUT2D eigenvalue weighted by atomic mass is 19.1. The van der Waals surface area contributed by atoms with Gasteiger partial charge in [0.15, 0.2) is 11.5 Å². The Labute approximate surface area is 136 Å². The van der Waals surface area contributed by atoms with Gasteiger partial charge in [-0.3, -0.25) is 9.59 Å². The van der Waals surface area contributed by atoms with Crippen molar-refractivity contribution in [3.05, 3.63) is 53.7 Å². The topological polar surface area (TPSA) is 84.2 Å². The van der Waals surface area contributed by atoms with E-state index in [1.807, 2.05) is 0 Å². The first kappa shape index (κ1) is 15.7. The molecule has 0 saturated heterocycles. The van der Waals surface area contributed by atoms with Crippen molar-refractivity contribution in [1.29, 1.82) is 0 Å². The van der Waals surface area contributed by atoms with Crippen LogP contribution in [0, 0.1) is 12.7 Å². The van der Waals surface area contributed by atoms with E-state index in [-0.39, 0.29) is 11.3 Å². The van der Waals surface area contributed by atoms with Gasteiger partial charge in [0.2, 0.25) is 5.91 Å². The molecule has 2 aromatic carbocycles. The van der Waals surface area contributed by atoms with Gasteiger partial charge >= 0.3 is 0 Å². The fourth-order valence-electron chi connectivity index (χ4n) is 2.28. The van der Waals surface area contributed by atoms with Crippen molar-refractivity contribution in [2.75, 3.05) is 10.6 Å². The molecule has 0 atom stereocenters. The van der Waals surface area contributed by atoms with Crippen LogP contribution in [0.5, 0.6) is 0 Å². The number of oxazole rings is 1. The van der Waals surface area contributed by atoms with Gasteiger partial charge in [-0.05, 0) is 36.4 Å². The second kappa shape index (κ2) is 6.11. The molecule has 0 aliphatic rings. The molecule has 3 aromatic rings. The van der Waals surface area contributed by atoms with Gasteiger partial charge in [0, 0.05) is 25.1 Å². The van der Waals surface area contributed by atoms with Gasteiger partial charge in [0.25, 0.3) is 5.91 Å². The molecule has 3 rings (SSSR count). The number of halogens is 1. The summed E-state index contributed by atoms with van der Waals surface area (Å²) in [4.78, 5) is 27.6. The van der Waals surface area contributed by atoms with Crippen LogP contribution in [0.1, 0.15) is 23.2 Å². The number of hydrogen-bond acceptors (Lipinski definition) is 4. The molecule has 2 amide bonds. The van der Waals surface area contributed by atoms with Crippen molar-refractivity contribution in [2.45, 2.75) is 13.8 Å². The lowest BCUT2D eigenvalue weighted by Crippen LogP contribution is -2.14. The second-order valence-electron chi connectivity index (χ2n) is 5.25. The number of hydrogen-bond donors (Lipinski definition) is 2. The Morgan fingerprint density at radius 2 is 1.92 bits per heavy atom. The third kappa shape index (κ3) is 3.24. The van der Waals surface area contributed by atoms with Gasteiger partial charge in [0.05, 0.1) is 5.69 Å². The maximum Gasteiger partial charge on any atom is 0.255 e. The van der Waals surface area contributed by atoms with Crippen molar-refractivity contribution in [2.24, 2.45) is 0 Å². The monoisotopic (exact) mass is 327 g/mol. The minimum absolute atomic E-state index is 0.0438. The van der Waals surface area contributed by atoms with Crippen LogP contribution in [0.2, 0.25) is 0 Å². The number of aryl methyl sites for hydroxylation is 1. The number of carbonyl (C=O) groups excluding carboxylic acids is 2. The molecular formula is C17H14FN3O3. The molecule has 7 heteroatoms. The maximum absolute atomic E-state index is 13.6. The predicted molar refractivity (Wildman–Crippen MR) is 87.4 cm³/mol. The minimum Gasteiger partial charge on any atom is -0.441 e. The van der Waals surface area contributed by atoms with Crippen molar-refractivity contribution < 1.29 is 18.4 Å². The summed E-state index contributed by atoms with van der Waals surface area (Å²) in [6.07, 6.45) is 0. The van der Waals surface area contributed by atoms with Crippen molar-refractivity contribution >= 4 is 34.3 Å². The molecule has 0 bridgehead atoms. The molecule has 122 valence electrons. The van der Waals surface area contributed by atoms with Crippen LogP contribution in [0.25, 0.3) is 11.1 Å². The van der Waals surface area contributed by atoms with E-state index < -0.39 is 17.6 Å². The minimum atomic E-state index is -0.610. The van der Waals surface area contributed by atoms with E-state index in [0.29, 0.717) is 22.7 Å². The van der Waals surface area contributed by atoms with E-state index in [9.17, 15) is 14.0 Å².